The molecule has 0 N–H and O–H groups in total. The second-order valence-corrected chi connectivity index (χ2v) is 7.56. The van der Waals surface area contributed by atoms with Gasteiger partial charge in [-0.25, -0.2) is 9.59 Å². The molecule has 0 saturated carbocycles. The largest absolute Gasteiger partial charge is 0.423 e. The van der Waals surface area contributed by atoms with Gasteiger partial charge < -0.3 is 9.47 Å². The van der Waals surface area contributed by atoms with E-state index < -0.39 is 11.9 Å². The first-order valence-corrected chi connectivity index (χ1v) is 10.3. The highest BCUT2D eigenvalue weighted by Gasteiger charge is 2.10. The Kier molecular flexibility index (Phi) is 6.13. The SMILES string of the molecule is Cc1ccc(C(=O)Oc2ccc(-c3ccc(OC(=O)c4ccc(C)cc4)cc3)cc2)cc1. The predicted molar refractivity (Wildman–Crippen MR) is 124 cm³/mol. The van der Waals surface area contributed by atoms with Crippen molar-refractivity contribution in [2.75, 3.05) is 0 Å². The summed E-state index contributed by atoms with van der Waals surface area (Å²) in [4.78, 5) is 24.5. The van der Waals surface area contributed by atoms with Crippen molar-refractivity contribution in [3.8, 4) is 22.6 Å². The minimum Gasteiger partial charge on any atom is -0.423 e. The zero-order chi connectivity index (χ0) is 22.5. The first-order chi connectivity index (χ1) is 15.5. The molecule has 4 aromatic carbocycles. The summed E-state index contributed by atoms with van der Waals surface area (Å²) in [5.41, 5.74) is 5.10. The lowest BCUT2D eigenvalue weighted by atomic mass is 10.1. The van der Waals surface area contributed by atoms with E-state index >= 15 is 0 Å². The number of hydrogen-bond acceptors (Lipinski definition) is 4. The maximum absolute atomic E-state index is 12.3. The van der Waals surface area contributed by atoms with Crippen LogP contribution in [0.5, 0.6) is 11.5 Å². The van der Waals surface area contributed by atoms with E-state index in [2.05, 4.69) is 0 Å². The van der Waals surface area contributed by atoms with Crippen molar-refractivity contribution in [1.82, 2.24) is 0 Å². The molecule has 0 atom stereocenters. The molecule has 0 aliphatic heterocycles. The second kappa shape index (κ2) is 9.31. The number of aryl methyl sites for hydroxylation is 2. The molecule has 0 saturated heterocycles. The van der Waals surface area contributed by atoms with Gasteiger partial charge in [-0.3, -0.25) is 0 Å². The number of carbonyl (C=O) groups is 2. The Morgan fingerprint density at radius 1 is 0.469 bits per heavy atom. The van der Waals surface area contributed by atoms with Crippen molar-refractivity contribution in [1.29, 1.82) is 0 Å². The predicted octanol–water partition coefficient (Wildman–Crippen LogP) is 6.41. The molecule has 0 aliphatic carbocycles. The number of ether oxygens (including phenoxy) is 2. The summed E-state index contributed by atoms with van der Waals surface area (Å²) < 4.78 is 10.9. The molecule has 4 rings (SSSR count). The maximum atomic E-state index is 12.3. The van der Waals surface area contributed by atoms with Crippen LogP contribution in [0.15, 0.2) is 97.1 Å². The second-order valence-electron chi connectivity index (χ2n) is 7.56. The molecule has 0 unspecified atom stereocenters. The first kappa shape index (κ1) is 21.1. The lowest BCUT2D eigenvalue weighted by Gasteiger charge is -2.08. The molecule has 158 valence electrons. The summed E-state index contributed by atoms with van der Waals surface area (Å²) in [5, 5.41) is 0. The molecule has 0 bridgehead atoms. The molecule has 32 heavy (non-hydrogen) atoms. The van der Waals surface area contributed by atoms with Gasteiger partial charge in [0.05, 0.1) is 11.1 Å². The van der Waals surface area contributed by atoms with Gasteiger partial charge >= 0.3 is 11.9 Å². The molecule has 4 heteroatoms. The summed E-state index contributed by atoms with van der Waals surface area (Å²) in [6.07, 6.45) is 0. The highest BCUT2D eigenvalue weighted by atomic mass is 16.5. The first-order valence-electron chi connectivity index (χ1n) is 10.3. The van der Waals surface area contributed by atoms with Crippen LogP contribution in [0, 0.1) is 13.8 Å². The monoisotopic (exact) mass is 422 g/mol. The molecule has 0 heterocycles. The van der Waals surface area contributed by atoms with Gasteiger partial charge in [0.2, 0.25) is 0 Å². The zero-order valence-electron chi connectivity index (χ0n) is 17.9. The van der Waals surface area contributed by atoms with Crippen LogP contribution in [-0.4, -0.2) is 11.9 Å². The van der Waals surface area contributed by atoms with Crippen molar-refractivity contribution < 1.29 is 19.1 Å². The Morgan fingerprint density at radius 3 is 1.09 bits per heavy atom. The summed E-state index contributed by atoms with van der Waals surface area (Å²) in [6, 6.07) is 29.0. The lowest BCUT2D eigenvalue weighted by molar-refractivity contribution is 0.0725. The van der Waals surface area contributed by atoms with E-state index in [1.54, 1.807) is 48.5 Å². The van der Waals surface area contributed by atoms with Crippen molar-refractivity contribution in [2.24, 2.45) is 0 Å². The fourth-order valence-corrected chi connectivity index (χ4v) is 3.14. The smallest absolute Gasteiger partial charge is 0.343 e. The van der Waals surface area contributed by atoms with Crippen LogP contribution >= 0.6 is 0 Å². The van der Waals surface area contributed by atoms with Crippen molar-refractivity contribution >= 4 is 11.9 Å². The molecule has 0 aliphatic rings. The number of benzene rings is 4. The van der Waals surface area contributed by atoms with Crippen molar-refractivity contribution in [3.05, 3.63) is 119 Å². The van der Waals surface area contributed by atoms with E-state index in [4.69, 9.17) is 9.47 Å². The van der Waals surface area contributed by atoms with Gasteiger partial charge in [-0.1, -0.05) is 59.7 Å². The molecule has 0 fully saturated rings. The normalized spacial score (nSPS) is 10.4. The standard InChI is InChI=1S/C28H22O4/c1-19-3-7-23(8-4-19)27(29)31-25-15-11-21(12-16-25)22-13-17-26(18-14-22)32-28(30)24-9-5-20(2)6-10-24/h3-18H,1-2H3. The van der Waals surface area contributed by atoms with E-state index in [1.807, 2.05) is 62.4 Å². The number of carbonyl (C=O) groups excluding carboxylic acids is 2. The van der Waals surface area contributed by atoms with E-state index in [0.717, 1.165) is 22.3 Å². The highest BCUT2D eigenvalue weighted by molar-refractivity contribution is 5.91. The fraction of sp³-hybridized carbons (Fsp3) is 0.0714. The van der Waals surface area contributed by atoms with Crippen molar-refractivity contribution in [2.45, 2.75) is 13.8 Å². The van der Waals surface area contributed by atoms with E-state index in [9.17, 15) is 9.59 Å². The van der Waals surface area contributed by atoms with Gasteiger partial charge in [0.15, 0.2) is 0 Å². The van der Waals surface area contributed by atoms with E-state index in [0.29, 0.717) is 22.6 Å². The summed E-state index contributed by atoms with van der Waals surface area (Å²) >= 11 is 0. The van der Waals surface area contributed by atoms with Crippen LogP contribution in [-0.2, 0) is 0 Å². The maximum Gasteiger partial charge on any atom is 0.343 e. The van der Waals surface area contributed by atoms with Crippen LogP contribution < -0.4 is 9.47 Å². The van der Waals surface area contributed by atoms with Crippen LogP contribution in [0.3, 0.4) is 0 Å². The molecular weight excluding hydrogens is 400 g/mol. The average Bonchev–Trinajstić information content (AvgIpc) is 2.81. The van der Waals surface area contributed by atoms with Crippen LogP contribution in [0.1, 0.15) is 31.8 Å². The Morgan fingerprint density at radius 2 is 0.781 bits per heavy atom. The quantitative estimate of drug-likeness (QED) is 0.275. The Balaban J connectivity index is 1.39. The van der Waals surface area contributed by atoms with Crippen LogP contribution in [0.2, 0.25) is 0 Å². The summed E-state index contributed by atoms with van der Waals surface area (Å²) in [6.45, 7) is 3.93. The topological polar surface area (TPSA) is 52.6 Å². The van der Waals surface area contributed by atoms with Crippen LogP contribution in [0.25, 0.3) is 11.1 Å². The van der Waals surface area contributed by atoms with Gasteiger partial charge in [-0.2, -0.15) is 0 Å². The molecule has 4 nitrogen and oxygen atoms in total. The molecule has 0 spiro atoms. The average molecular weight is 422 g/mol. The van der Waals surface area contributed by atoms with Crippen molar-refractivity contribution in [3.63, 3.8) is 0 Å². The molecule has 0 amide bonds. The molecule has 0 radical (unpaired) electrons. The molecule has 4 aromatic rings. The fourth-order valence-electron chi connectivity index (χ4n) is 3.14. The highest BCUT2D eigenvalue weighted by Crippen LogP contribution is 2.25. The van der Waals surface area contributed by atoms with E-state index in [-0.39, 0.29) is 0 Å². The number of rotatable bonds is 5. The van der Waals surface area contributed by atoms with Gasteiger partial charge in [-0.05, 0) is 73.5 Å². The molecule has 0 aromatic heterocycles. The minimum atomic E-state index is -0.391. The Labute approximate surface area is 187 Å². The third kappa shape index (κ3) is 5.10. The van der Waals surface area contributed by atoms with Gasteiger partial charge in [0, 0.05) is 0 Å². The third-order valence-electron chi connectivity index (χ3n) is 5.04. The summed E-state index contributed by atoms with van der Waals surface area (Å²) in [7, 11) is 0. The van der Waals surface area contributed by atoms with Crippen LogP contribution in [0.4, 0.5) is 0 Å². The van der Waals surface area contributed by atoms with E-state index in [1.165, 1.54) is 0 Å². The number of esters is 2. The lowest BCUT2D eigenvalue weighted by Crippen LogP contribution is -2.08. The third-order valence-corrected chi connectivity index (χ3v) is 5.04. The van der Waals surface area contributed by atoms with Gasteiger partial charge in [-0.15, -0.1) is 0 Å². The number of hydrogen-bond donors (Lipinski definition) is 0. The molecular formula is C28H22O4. The minimum absolute atomic E-state index is 0.391. The Hall–Kier alpha value is -4.18. The van der Waals surface area contributed by atoms with Gasteiger partial charge in [0.1, 0.15) is 11.5 Å². The van der Waals surface area contributed by atoms with Gasteiger partial charge in [0.25, 0.3) is 0 Å². The summed E-state index contributed by atoms with van der Waals surface area (Å²) in [5.74, 6) is 0.168. The zero-order valence-corrected chi connectivity index (χ0v) is 17.9. The Bertz CT molecular complexity index is 1120.